The van der Waals surface area contributed by atoms with Crippen LogP contribution in [0.4, 0.5) is 4.79 Å². The molecule has 0 aromatic heterocycles. The van der Waals surface area contributed by atoms with E-state index in [0.717, 1.165) is 0 Å². The molecule has 15 heavy (non-hydrogen) atoms. The number of ether oxygens (including phenoxy) is 1. The van der Waals surface area contributed by atoms with E-state index in [0.29, 0.717) is 19.6 Å². The first-order chi connectivity index (χ1) is 7.04. The van der Waals surface area contributed by atoms with Crippen LogP contribution in [0.2, 0.25) is 0 Å². The lowest BCUT2D eigenvalue weighted by Gasteiger charge is -2.42. The molecule has 1 aliphatic heterocycles. The van der Waals surface area contributed by atoms with Crippen molar-refractivity contribution in [2.45, 2.75) is 12.0 Å². The van der Waals surface area contributed by atoms with Crippen LogP contribution < -0.4 is 16.4 Å². The maximum Gasteiger partial charge on any atom is 0.404 e. The van der Waals surface area contributed by atoms with Gasteiger partial charge >= 0.3 is 12.1 Å². The van der Waals surface area contributed by atoms with Crippen molar-refractivity contribution in [3.05, 3.63) is 0 Å². The molecule has 0 saturated carbocycles. The largest absolute Gasteiger partial charge is 0.481 e. The van der Waals surface area contributed by atoms with Gasteiger partial charge in [0.05, 0.1) is 12.0 Å². The Balaban J connectivity index is 2.22. The van der Waals surface area contributed by atoms with Crippen molar-refractivity contribution in [3.8, 4) is 0 Å². The van der Waals surface area contributed by atoms with Crippen LogP contribution in [0.15, 0.2) is 0 Å². The van der Waals surface area contributed by atoms with Crippen LogP contribution in [-0.4, -0.2) is 48.9 Å². The third kappa shape index (κ3) is 3.72. The van der Waals surface area contributed by atoms with Crippen molar-refractivity contribution < 1.29 is 19.4 Å². The zero-order valence-corrected chi connectivity index (χ0v) is 8.28. The van der Waals surface area contributed by atoms with Crippen molar-refractivity contribution in [2.75, 3.05) is 26.2 Å². The normalized spacial score (nSPS) is 17.9. The Morgan fingerprint density at radius 2 is 2.20 bits per heavy atom. The topological polar surface area (TPSA) is 114 Å². The van der Waals surface area contributed by atoms with Gasteiger partial charge in [0.15, 0.2) is 0 Å². The van der Waals surface area contributed by atoms with E-state index in [1.807, 2.05) is 0 Å². The summed E-state index contributed by atoms with van der Waals surface area (Å²) >= 11 is 0. The number of nitrogens with one attached hydrogen (secondary N) is 2. The number of carbonyl (C=O) groups is 2. The summed E-state index contributed by atoms with van der Waals surface area (Å²) in [7, 11) is 0. The minimum atomic E-state index is -0.847. The number of rotatable bonds is 6. The molecule has 5 N–H and O–H groups in total. The van der Waals surface area contributed by atoms with E-state index in [1.165, 1.54) is 0 Å². The predicted molar refractivity (Wildman–Crippen MR) is 51.4 cm³/mol. The molecule has 1 aliphatic rings. The van der Waals surface area contributed by atoms with Crippen molar-refractivity contribution in [1.82, 2.24) is 10.6 Å². The van der Waals surface area contributed by atoms with Crippen LogP contribution in [0.3, 0.4) is 0 Å². The molecule has 1 amide bonds. The van der Waals surface area contributed by atoms with Gasteiger partial charge in [0.25, 0.3) is 0 Å². The lowest BCUT2D eigenvalue weighted by Crippen LogP contribution is -2.68. The molecular weight excluding hydrogens is 202 g/mol. The number of nitrogens with two attached hydrogens (primary N) is 1. The van der Waals surface area contributed by atoms with Gasteiger partial charge in [-0.15, -0.1) is 0 Å². The molecule has 1 heterocycles. The molecule has 0 spiro atoms. The van der Waals surface area contributed by atoms with Crippen molar-refractivity contribution in [3.63, 3.8) is 0 Å². The first kappa shape index (κ1) is 11.7. The fraction of sp³-hybridized carbons (Fsp3) is 0.750. The maximum absolute atomic E-state index is 10.6. The highest BCUT2D eigenvalue weighted by molar-refractivity contribution is 5.68. The number of hydrogen-bond acceptors (Lipinski definition) is 5. The van der Waals surface area contributed by atoms with Gasteiger partial charge in [0.2, 0.25) is 0 Å². The molecule has 0 aromatic rings. The van der Waals surface area contributed by atoms with Crippen molar-refractivity contribution in [1.29, 1.82) is 0 Å². The highest BCUT2D eigenvalue weighted by atomic mass is 16.5. The van der Waals surface area contributed by atoms with Crippen LogP contribution in [0.5, 0.6) is 0 Å². The summed E-state index contributed by atoms with van der Waals surface area (Å²) in [6.07, 6.45) is -0.771. The standard InChI is InChI=1S/C8H15N3O4/c9-7(14)15-2-1-11-8(3-6(12)13)4-10-5-8/h10-11H,1-5H2,(H2,9,14)(H,12,13). The van der Waals surface area contributed by atoms with Crippen LogP contribution >= 0.6 is 0 Å². The summed E-state index contributed by atoms with van der Waals surface area (Å²) in [6, 6.07) is 0. The van der Waals surface area contributed by atoms with Crippen molar-refractivity contribution in [2.24, 2.45) is 5.73 Å². The minimum absolute atomic E-state index is 0.0522. The summed E-state index contributed by atoms with van der Waals surface area (Å²) in [5.41, 5.74) is 4.36. The van der Waals surface area contributed by atoms with Crippen molar-refractivity contribution >= 4 is 12.1 Å². The molecule has 1 fully saturated rings. The van der Waals surface area contributed by atoms with E-state index in [-0.39, 0.29) is 13.0 Å². The van der Waals surface area contributed by atoms with Crippen LogP contribution in [-0.2, 0) is 9.53 Å². The van der Waals surface area contributed by atoms with Gasteiger partial charge in [-0.25, -0.2) is 4.79 Å². The fourth-order valence-electron chi connectivity index (χ4n) is 1.50. The smallest absolute Gasteiger partial charge is 0.404 e. The van der Waals surface area contributed by atoms with Gasteiger partial charge in [-0.3, -0.25) is 4.79 Å². The molecule has 1 rings (SSSR count). The molecule has 0 aromatic carbocycles. The summed E-state index contributed by atoms with van der Waals surface area (Å²) in [5, 5.41) is 14.7. The summed E-state index contributed by atoms with van der Waals surface area (Å²) < 4.78 is 4.52. The van der Waals surface area contributed by atoms with E-state index >= 15 is 0 Å². The van der Waals surface area contributed by atoms with Gasteiger partial charge in [0.1, 0.15) is 6.61 Å². The Labute approximate surface area is 87.0 Å². The summed E-state index contributed by atoms with van der Waals surface area (Å²) in [4.78, 5) is 20.8. The van der Waals surface area contributed by atoms with E-state index in [1.54, 1.807) is 0 Å². The monoisotopic (exact) mass is 217 g/mol. The maximum atomic E-state index is 10.6. The average molecular weight is 217 g/mol. The Kier molecular flexibility index (Phi) is 3.87. The quantitative estimate of drug-likeness (QED) is 0.402. The fourth-order valence-corrected chi connectivity index (χ4v) is 1.50. The number of primary amides is 1. The third-order valence-corrected chi connectivity index (χ3v) is 2.26. The number of carboxylic acids is 1. The Morgan fingerprint density at radius 1 is 1.53 bits per heavy atom. The molecule has 1 saturated heterocycles. The zero-order valence-electron chi connectivity index (χ0n) is 8.28. The Hall–Kier alpha value is -1.34. The van der Waals surface area contributed by atoms with E-state index in [9.17, 15) is 9.59 Å². The molecule has 7 heteroatoms. The molecule has 0 unspecified atom stereocenters. The minimum Gasteiger partial charge on any atom is -0.481 e. The third-order valence-electron chi connectivity index (χ3n) is 2.26. The highest BCUT2D eigenvalue weighted by Gasteiger charge is 2.38. The Morgan fingerprint density at radius 3 is 2.60 bits per heavy atom. The van der Waals surface area contributed by atoms with Gasteiger partial charge in [-0.05, 0) is 0 Å². The zero-order chi connectivity index (χ0) is 11.3. The molecule has 0 aliphatic carbocycles. The van der Waals surface area contributed by atoms with E-state index in [4.69, 9.17) is 10.8 Å². The molecule has 0 atom stereocenters. The summed E-state index contributed by atoms with van der Waals surface area (Å²) in [6.45, 7) is 1.76. The molecule has 0 radical (unpaired) electrons. The number of hydrogen-bond donors (Lipinski definition) is 4. The summed E-state index contributed by atoms with van der Waals surface area (Å²) in [5.74, 6) is -0.847. The van der Waals surface area contributed by atoms with E-state index < -0.39 is 17.6 Å². The lowest BCUT2D eigenvalue weighted by molar-refractivity contribution is -0.139. The van der Waals surface area contributed by atoms with Gasteiger partial charge < -0.3 is 26.2 Å². The first-order valence-corrected chi connectivity index (χ1v) is 4.64. The number of amides is 1. The van der Waals surface area contributed by atoms with Crippen LogP contribution in [0.25, 0.3) is 0 Å². The molecule has 0 bridgehead atoms. The second kappa shape index (κ2) is 4.94. The Bertz CT molecular complexity index is 252. The lowest BCUT2D eigenvalue weighted by atomic mass is 9.88. The number of carboxylic acid groups (broad SMARTS) is 1. The molecule has 7 nitrogen and oxygen atoms in total. The highest BCUT2D eigenvalue weighted by Crippen LogP contribution is 2.15. The average Bonchev–Trinajstić information content (AvgIpc) is 2.06. The van der Waals surface area contributed by atoms with Crippen LogP contribution in [0.1, 0.15) is 6.42 Å². The van der Waals surface area contributed by atoms with Crippen LogP contribution in [0, 0.1) is 0 Å². The van der Waals surface area contributed by atoms with Gasteiger partial charge in [0, 0.05) is 19.6 Å². The first-order valence-electron chi connectivity index (χ1n) is 4.64. The molecule has 86 valence electrons. The SMILES string of the molecule is NC(=O)OCCNC1(CC(=O)O)CNC1. The predicted octanol–water partition coefficient (Wildman–Crippen LogP) is -1.51. The second-order valence-corrected chi connectivity index (χ2v) is 3.55. The number of aliphatic carboxylic acids is 1. The van der Waals surface area contributed by atoms with Gasteiger partial charge in [-0.2, -0.15) is 0 Å². The van der Waals surface area contributed by atoms with Gasteiger partial charge in [-0.1, -0.05) is 0 Å². The second-order valence-electron chi connectivity index (χ2n) is 3.55. The van der Waals surface area contributed by atoms with E-state index in [2.05, 4.69) is 15.4 Å². The molecular formula is C8H15N3O4. The number of carbonyl (C=O) groups excluding carboxylic acids is 1.